The van der Waals surface area contributed by atoms with Crippen molar-refractivity contribution in [3.8, 4) is 0 Å². The number of allylic oxidation sites excluding steroid dienone is 1. The number of nitrogens with one attached hydrogen (secondary N) is 1. The Labute approximate surface area is 67.0 Å². The lowest BCUT2D eigenvalue weighted by atomic mass is 9.99. The van der Waals surface area contributed by atoms with Crippen molar-refractivity contribution in [3.05, 3.63) is 24.8 Å². The fourth-order valence-corrected chi connectivity index (χ4v) is 1.14. The molecule has 1 aliphatic rings. The topological polar surface area (TPSA) is 29.1 Å². The zero-order valence-electron chi connectivity index (χ0n) is 6.55. The number of hydrogen-bond donors (Lipinski definition) is 1. The predicted octanol–water partition coefficient (Wildman–Crippen LogP) is 0.907. The summed E-state index contributed by atoms with van der Waals surface area (Å²) in [5.74, 6) is 0.324. The van der Waals surface area contributed by atoms with Crippen LogP contribution in [0.1, 0.15) is 6.42 Å². The monoisotopic (exact) mass is 151 g/mol. The summed E-state index contributed by atoms with van der Waals surface area (Å²) in [6.07, 6.45) is 6.11. The minimum Gasteiger partial charge on any atom is -0.312 e. The predicted molar refractivity (Wildman–Crippen MR) is 45.3 cm³/mol. The summed E-state index contributed by atoms with van der Waals surface area (Å²) in [7, 11) is 0. The molecule has 1 rings (SSSR count). The van der Waals surface area contributed by atoms with Crippen LogP contribution in [0.5, 0.6) is 0 Å². The Bertz CT molecular complexity index is 184. The molecule has 0 amide bonds. The van der Waals surface area contributed by atoms with E-state index in [4.69, 9.17) is 0 Å². The first-order chi connectivity index (χ1) is 5.34. The molecule has 0 aliphatic carbocycles. The molecule has 1 heterocycles. The van der Waals surface area contributed by atoms with Gasteiger partial charge in [-0.2, -0.15) is 0 Å². The molecule has 0 fully saturated rings. The van der Waals surface area contributed by atoms with E-state index in [1.807, 2.05) is 12.2 Å². The smallest absolute Gasteiger partial charge is 0.144 e. The molecule has 0 saturated heterocycles. The molecule has 1 N–H and O–H groups in total. The summed E-state index contributed by atoms with van der Waals surface area (Å²) in [5, 5.41) is 3.13. The lowest BCUT2D eigenvalue weighted by molar-refractivity contribution is -0.120. The average molecular weight is 151 g/mol. The van der Waals surface area contributed by atoms with Crippen LogP contribution in [-0.4, -0.2) is 18.9 Å². The van der Waals surface area contributed by atoms with Crippen molar-refractivity contribution in [1.29, 1.82) is 0 Å². The van der Waals surface area contributed by atoms with Gasteiger partial charge in [0.1, 0.15) is 5.78 Å². The molecule has 0 spiro atoms. The number of ketones is 1. The molecule has 0 aromatic carbocycles. The van der Waals surface area contributed by atoms with Gasteiger partial charge in [0.25, 0.3) is 0 Å². The van der Waals surface area contributed by atoms with Crippen LogP contribution < -0.4 is 5.32 Å². The van der Waals surface area contributed by atoms with E-state index < -0.39 is 0 Å². The highest BCUT2D eigenvalue weighted by molar-refractivity contribution is 5.84. The minimum atomic E-state index is 0.0711. The average Bonchev–Trinajstić information content (AvgIpc) is 2.07. The van der Waals surface area contributed by atoms with Crippen LogP contribution in [0.15, 0.2) is 24.8 Å². The minimum absolute atomic E-state index is 0.0711. The maximum Gasteiger partial charge on any atom is 0.144 e. The van der Waals surface area contributed by atoms with E-state index in [2.05, 4.69) is 11.9 Å². The molecule has 1 unspecified atom stereocenters. The first kappa shape index (κ1) is 8.21. The van der Waals surface area contributed by atoms with E-state index in [0.29, 0.717) is 6.42 Å². The molecule has 0 aromatic rings. The molecule has 0 bridgehead atoms. The summed E-state index contributed by atoms with van der Waals surface area (Å²) in [4.78, 5) is 11.2. The first-order valence-electron chi connectivity index (χ1n) is 3.85. The van der Waals surface area contributed by atoms with Crippen LogP contribution in [0.4, 0.5) is 0 Å². The second kappa shape index (κ2) is 4.09. The summed E-state index contributed by atoms with van der Waals surface area (Å²) in [6.45, 7) is 5.20. The molecule has 0 aromatic heterocycles. The van der Waals surface area contributed by atoms with E-state index in [0.717, 1.165) is 13.1 Å². The third-order valence-electron chi connectivity index (χ3n) is 1.75. The normalized spacial score (nSPS) is 23.1. The third kappa shape index (κ3) is 2.31. The first-order valence-corrected chi connectivity index (χ1v) is 3.85. The Morgan fingerprint density at radius 2 is 2.64 bits per heavy atom. The molecule has 0 saturated carbocycles. The van der Waals surface area contributed by atoms with Gasteiger partial charge in [-0.25, -0.2) is 0 Å². The zero-order valence-corrected chi connectivity index (χ0v) is 6.55. The number of rotatable bonds is 3. The molecule has 11 heavy (non-hydrogen) atoms. The number of carbonyl (C=O) groups is 1. The standard InChI is InChI=1S/C9H13NO/c1-2-4-9(11)8-5-3-6-10-7-8/h2-3,5,8,10H,1,4,6-7H2. The van der Waals surface area contributed by atoms with Crippen LogP contribution in [0.3, 0.4) is 0 Å². The summed E-state index contributed by atoms with van der Waals surface area (Å²) in [6, 6.07) is 0. The van der Waals surface area contributed by atoms with E-state index in [1.54, 1.807) is 6.08 Å². The SMILES string of the molecule is C=CCC(=O)C1C=CCNC1. The highest BCUT2D eigenvalue weighted by Crippen LogP contribution is 2.05. The van der Waals surface area contributed by atoms with Crippen LogP contribution in [0.25, 0.3) is 0 Å². The van der Waals surface area contributed by atoms with Crippen LogP contribution >= 0.6 is 0 Å². The quantitative estimate of drug-likeness (QED) is 0.607. The largest absolute Gasteiger partial charge is 0.312 e. The summed E-state index contributed by atoms with van der Waals surface area (Å²) in [5.41, 5.74) is 0. The highest BCUT2D eigenvalue weighted by Gasteiger charge is 2.14. The van der Waals surface area contributed by atoms with E-state index in [1.165, 1.54) is 0 Å². The molecular weight excluding hydrogens is 138 g/mol. The van der Waals surface area contributed by atoms with E-state index in [9.17, 15) is 4.79 Å². The Morgan fingerprint density at radius 3 is 3.18 bits per heavy atom. The second-order valence-corrected chi connectivity index (χ2v) is 2.65. The molecular formula is C9H13NO. The second-order valence-electron chi connectivity index (χ2n) is 2.65. The molecule has 1 atom stereocenters. The van der Waals surface area contributed by atoms with Gasteiger partial charge >= 0.3 is 0 Å². The Kier molecular flexibility index (Phi) is 3.05. The van der Waals surface area contributed by atoms with Crippen molar-refractivity contribution in [2.45, 2.75) is 6.42 Å². The van der Waals surface area contributed by atoms with Crippen molar-refractivity contribution in [1.82, 2.24) is 5.32 Å². The van der Waals surface area contributed by atoms with Crippen molar-refractivity contribution in [3.63, 3.8) is 0 Å². The number of hydrogen-bond acceptors (Lipinski definition) is 2. The third-order valence-corrected chi connectivity index (χ3v) is 1.75. The summed E-state index contributed by atoms with van der Waals surface area (Å²) >= 11 is 0. The molecule has 2 nitrogen and oxygen atoms in total. The van der Waals surface area contributed by atoms with Crippen molar-refractivity contribution in [2.24, 2.45) is 5.92 Å². The van der Waals surface area contributed by atoms with Gasteiger partial charge in [-0.15, -0.1) is 6.58 Å². The lowest BCUT2D eigenvalue weighted by Gasteiger charge is -2.14. The van der Waals surface area contributed by atoms with Crippen LogP contribution in [0, 0.1) is 5.92 Å². The zero-order chi connectivity index (χ0) is 8.10. The maximum absolute atomic E-state index is 11.2. The van der Waals surface area contributed by atoms with Gasteiger partial charge in [-0.05, 0) is 0 Å². The number of Topliss-reactive ketones (excluding diaryl/α,β-unsaturated/α-hetero) is 1. The van der Waals surface area contributed by atoms with Gasteiger partial charge in [0.2, 0.25) is 0 Å². The van der Waals surface area contributed by atoms with Gasteiger partial charge in [-0.1, -0.05) is 18.2 Å². The van der Waals surface area contributed by atoms with Gasteiger partial charge < -0.3 is 5.32 Å². The lowest BCUT2D eigenvalue weighted by Crippen LogP contribution is -2.30. The van der Waals surface area contributed by atoms with Gasteiger partial charge in [0.05, 0.1) is 0 Å². The fraction of sp³-hybridized carbons (Fsp3) is 0.444. The Morgan fingerprint density at radius 1 is 1.82 bits per heavy atom. The number of carbonyl (C=O) groups excluding carboxylic acids is 1. The van der Waals surface area contributed by atoms with Crippen LogP contribution in [0.2, 0.25) is 0 Å². The van der Waals surface area contributed by atoms with Crippen molar-refractivity contribution < 1.29 is 4.79 Å². The highest BCUT2D eigenvalue weighted by atomic mass is 16.1. The summed E-state index contributed by atoms with van der Waals surface area (Å²) < 4.78 is 0. The molecule has 1 aliphatic heterocycles. The van der Waals surface area contributed by atoms with E-state index in [-0.39, 0.29) is 11.7 Å². The Hall–Kier alpha value is -0.890. The van der Waals surface area contributed by atoms with Crippen molar-refractivity contribution >= 4 is 5.78 Å². The molecule has 0 radical (unpaired) electrons. The maximum atomic E-state index is 11.2. The molecule has 2 heteroatoms. The molecule has 60 valence electrons. The Balaban J connectivity index is 2.45. The van der Waals surface area contributed by atoms with Crippen LogP contribution in [-0.2, 0) is 4.79 Å². The fourth-order valence-electron chi connectivity index (χ4n) is 1.14. The van der Waals surface area contributed by atoms with Gasteiger partial charge in [0.15, 0.2) is 0 Å². The van der Waals surface area contributed by atoms with E-state index >= 15 is 0 Å². The van der Waals surface area contributed by atoms with Crippen molar-refractivity contribution in [2.75, 3.05) is 13.1 Å². The van der Waals surface area contributed by atoms with Gasteiger partial charge in [-0.3, -0.25) is 4.79 Å². The van der Waals surface area contributed by atoms with Gasteiger partial charge in [0, 0.05) is 25.4 Å².